The molecule has 0 radical (unpaired) electrons. The van der Waals surface area contributed by atoms with Gasteiger partial charge in [-0.3, -0.25) is 9.69 Å². The van der Waals surface area contributed by atoms with Crippen LogP contribution < -0.4 is 10.6 Å². The monoisotopic (exact) mass is 388 g/mol. The topological polar surface area (TPSA) is 64.7 Å². The molecular formula is C22H36N4O2. The second kappa shape index (κ2) is 12.4. The van der Waals surface area contributed by atoms with E-state index in [4.69, 9.17) is 0 Å². The number of rotatable bonds is 10. The number of hydrogen-bond acceptors (Lipinski definition) is 3. The molecule has 0 aromatic heterocycles. The zero-order valence-corrected chi connectivity index (χ0v) is 17.5. The van der Waals surface area contributed by atoms with Crippen LogP contribution in [0, 0.1) is 5.92 Å². The lowest BCUT2D eigenvalue weighted by Crippen LogP contribution is -2.53. The van der Waals surface area contributed by atoms with E-state index in [9.17, 15) is 9.59 Å². The molecule has 1 aliphatic rings. The molecule has 1 fully saturated rings. The molecule has 0 aliphatic carbocycles. The molecule has 6 heteroatoms. The summed E-state index contributed by atoms with van der Waals surface area (Å²) in [6.45, 7) is 8.90. The second-order valence-electron chi connectivity index (χ2n) is 7.63. The molecule has 1 aromatic rings. The lowest BCUT2D eigenvalue weighted by Gasteiger charge is -2.34. The smallest absolute Gasteiger partial charge is 0.317 e. The SMILES string of the molecule is CCCCC(CC)CNC(=O)N1CCN(CC(=O)NCc2ccccc2)CC1. The Morgan fingerprint density at radius 2 is 1.75 bits per heavy atom. The number of piperazine rings is 1. The van der Waals surface area contributed by atoms with E-state index in [0.717, 1.165) is 31.6 Å². The van der Waals surface area contributed by atoms with Crippen LogP contribution >= 0.6 is 0 Å². The number of nitrogens with one attached hydrogen (secondary N) is 2. The van der Waals surface area contributed by atoms with Crippen molar-refractivity contribution in [3.63, 3.8) is 0 Å². The third-order valence-corrected chi connectivity index (χ3v) is 5.44. The maximum Gasteiger partial charge on any atom is 0.317 e. The summed E-state index contributed by atoms with van der Waals surface area (Å²) in [6, 6.07) is 9.94. The first-order valence-electron chi connectivity index (χ1n) is 10.7. The summed E-state index contributed by atoms with van der Waals surface area (Å²) in [5, 5.41) is 6.06. The van der Waals surface area contributed by atoms with E-state index in [2.05, 4.69) is 29.4 Å². The van der Waals surface area contributed by atoms with Gasteiger partial charge in [0, 0.05) is 39.3 Å². The molecule has 0 saturated carbocycles. The first-order valence-corrected chi connectivity index (χ1v) is 10.7. The van der Waals surface area contributed by atoms with E-state index in [-0.39, 0.29) is 11.9 Å². The second-order valence-corrected chi connectivity index (χ2v) is 7.63. The van der Waals surface area contributed by atoms with Gasteiger partial charge in [0.1, 0.15) is 0 Å². The highest BCUT2D eigenvalue weighted by atomic mass is 16.2. The Labute approximate surface area is 169 Å². The molecule has 1 unspecified atom stereocenters. The Hall–Kier alpha value is -2.08. The summed E-state index contributed by atoms with van der Waals surface area (Å²) in [5.74, 6) is 0.599. The van der Waals surface area contributed by atoms with Gasteiger partial charge in [0.25, 0.3) is 0 Å². The van der Waals surface area contributed by atoms with Crippen molar-refractivity contribution in [1.29, 1.82) is 0 Å². The van der Waals surface area contributed by atoms with Crippen molar-refractivity contribution in [2.75, 3.05) is 39.3 Å². The van der Waals surface area contributed by atoms with Crippen LogP contribution in [-0.2, 0) is 11.3 Å². The molecule has 3 amide bonds. The van der Waals surface area contributed by atoms with Crippen LogP contribution in [0.5, 0.6) is 0 Å². The number of carbonyl (C=O) groups excluding carboxylic acids is 2. The molecule has 1 atom stereocenters. The highest BCUT2D eigenvalue weighted by Gasteiger charge is 2.22. The summed E-state index contributed by atoms with van der Waals surface area (Å²) >= 11 is 0. The summed E-state index contributed by atoms with van der Waals surface area (Å²) in [7, 11) is 0. The van der Waals surface area contributed by atoms with E-state index in [1.165, 1.54) is 19.3 Å². The van der Waals surface area contributed by atoms with Gasteiger partial charge >= 0.3 is 6.03 Å². The number of amides is 3. The Kier molecular flexibility index (Phi) is 9.83. The van der Waals surface area contributed by atoms with Crippen molar-refractivity contribution < 1.29 is 9.59 Å². The van der Waals surface area contributed by atoms with Gasteiger partial charge in [-0.15, -0.1) is 0 Å². The standard InChI is InChI=1S/C22H36N4O2/c1-3-5-9-19(4-2)16-24-22(28)26-14-12-25(13-15-26)18-21(27)23-17-20-10-7-6-8-11-20/h6-8,10-11,19H,3-5,9,12-18H2,1-2H3,(H,23,27)(H,24,28). The average molecular weight is 389 g/mol. The third kappa shape index (κ3) is 7.89. The summed E-state index contributed by atoms with van der Waals surface area (Å²) in [6.07, 6.45) is 4.70. The molecule has 1 aromatic carbocycles. The van der Waals surface area contributed by atoms with E-state index >= 15 is 0 Å². The number of nitrogens with zero attached hydrogens (tertiary/aromatic N) is 2. The lowest BCUT2D eigenvalue weighted by molar-refractivity contribution is -0.122. The highest BCUT2D eigenvalue weighted by molar-refractivity contribution is 5.78. The molecule has 1 aliphatic heterocycles. The van der Waals surface area contributed by atoms with Crippen molar-refractivity contribution in [3.05, 3.63) is 35.9 Å². The average Bonchev–Trinajstić information content (AvgIpc) is 2.73. The van der Waals surface area contributed by atoms with Crippen LogP contribution in [0.1, 0.15) is 45.1 Å². The van der Waals surface area contributed by atoms with Crippen molar-refractivity contribution in [1.82, 2.24) is 20.4 Å². The van der Waals surface area contributed by atoms with E-state index in [1.807, 2.05) is 35.2 Å². The molecule has 156 valence electrons. The Morgan fingerprint density at radius 3 is 2.39 bits per heavy atom. The van der Waals surface area contributed by atoms with E-state index in [0.29, 0.717) is 32.1 Å². The predicted octanol–water partition coefficient (Wildman–Crippen LogP) is 2.85. The van der Waals surface area contributed by atoms with Crippen molar-refractivity contribution in [3.8, 4) is 0 Å². The quantitative estimate of drug-likeness (QED) is 0.648. The number of carbonyl (C=O) groups is 2. The van der Waals surface area contributed by atoms with E-state index in [1.54, 1.807) is 0 Å². The first kappa shape index (κ1) is 22.2. The molecule has 28 heavy (non-hydrogen) atoms. The molecule has 0 bridgehead atoms. The Bertz CT molecular complexity index is 585. The van der Waals surface area contributed by atoms with Gasteiger partial charge in [-0.25, -0.2) is 4.79 Å². The lowest BCUT2D eigenvalue weighted by atomic mass is 9.99. The fourth-order valence-corrected chi connectivity index (χ4v) is 3.45. The molecule has 0 spiro atoms. The normalized spacial score (nSPS) is 15.9. The van der Waals surface area contributed by atoms with Crippen LogP contribution in [0.15, 0.2) is 30.3 Å². The minimum Gasteiger partial charge on any atom is -0.351 e. The van der Waals surface area contributed by atoms with Gasteiger partial charge in [-0.2, -0.15) is 0 Å². The zero-order chi connectivity index (χ0) is 20.2. The molecule has 1 saturated heterocycles. The molecule has 6 nitrogen and oxygen atoms in total. The number of benzene rings is 1. The predicted molar refractivity (Wildman–Crippen MR) is 113 cm³/mol. The number of hydrogen-bond donors (Lipinski definition) is 2. The Morgan fingerprint density at radius 1 is 1.04 bits per heavy atom. The minimum absolute atomic E-state index is 0.0307. The van der Waals surface area contributed by atoms with Gasteiger partial charge in [0.05, 0.1) is 6.54 Å². The summed E-state index contributed by atoms with van der Waals surface area (Å²) < 4.78 is 0. The van der Waals surface area contributed by atoms with Gasteiger partial charge in [0.2, 0.25) is 5.91 Å². The van der Waals surface area contributed by atoms with Crippen LogP contribution in [0.2, 0.25) is 0 Å². The maximum atomic E-state index is 12.4. The van der Waals surface area contributed by atoms with Crippen LogP contribution in [0.25, 0.3) is 0 Å². The van der Waals surface area contributed by atoms with Gasteiger partial charge in [-0.05, 0) is 17.9 Å². The molecule has 2 N–H and O–H groups in total. The van der Waals surface area contributed by atoms with Crippen LogP contribution in [-0.4, -0.2) is 61.0 Å². The summed E-state index contributed by atoms with van der Waals surface area (Å²) in [4.78, 5) is 28.5. The Balaban J connectivity index is 1.63. The minimum atomic E-state index is 0.0307. The van der Waals surface area contributed by atoms with Gasteiger partial charge < -0.3 is 15.5 Å². The van der Waals surface area contributed by atoms with Crippen molar-refractivity contribution >= 4 is 11.9 Å². The summed E-state index contributed by atoms with van der Waals surface area (Å²) in [5.41, 5.74) is 1.10. The third-order valence-electron chi connectivity index (χ3n) is 5.44. The van der Waals surface area contributed by atoms with Crippen molar-refractivity contribution in [2.45, 2.75) is 46.1 Å². The number of urea groups is 1. The van der Waals surface area contributed by atoms with Crippen molar-refractivity contribution in [2.24, 2.45) is 5.92 Å². The number of unbranched alkanes of at least 4 members (excludes halogenated alkanes) is 1. The molecular weight excluding hydrogens is 352 g/mol. The zero-order valence-electron chi connectivity index (χ0n) is 17.5. The van der Waals surface area contributed by atoms with Gasteiger partial charge in [-0.1, -0.05) is 63.4 Å². The molecule has 2 rings (SSSR count). The first-order chi connectivity index (χ1) is 13.6. The largest absolute Gasteiger partial charge is 0.351 e. The molecule has 1 heterocycles. The van der Waals surface area contributed by atoms with Gasteiger partial charge in [0.15, 0.2) is 0 Å². The highest BCUT2D eigenvalue weighted by Crippen LogP contribution is 2.11. The van der Waals surface area contributed by atoms with Crippen LogP contribution in [0.4, 0.5) is 4.79 Å². The fourth-order valence-electron chi connectivity index (χ4n) is 3.45. The van der Waals surface area contributed by atoms with Crippen LogP contribution in [0.3, 0.4) is 0 Å². The fraction of sp³-hybridized carbons (Fsp3) is 0.636. The maximum absolute atomic E-state index is 12.4. The van der Waals surface area contributed by atoms with E-state index < -0.39 is 0 Å².